The van der Waals surface area contributed by atoms with E-state index < -0.39 is 0 Å². The zero-order valence-electron chi connectivity index (χ0n) is 15.0. The first kappa shape index (κ1) is 16.4. The van der Waals surface area contributed by atoms with E-state index in [2.05, 4.69) is 36.5 Å². The third-order valence-electron chi connectivity index (χ3n) is 6.57. The van der Waals surface area contributed by atoms with Crippen molar-refractivity contribution in [1.29, 1.82) is 0 Å². The van der Waals surface area contributed by atoms with Crippen molar-refractivity contribution >= 4 is 33.3 Å². The summed E-state index contributed by atoms with van der Waals surface area (Å²) in [5, 5.41) is 6.70. The number of hydrogen-bond acceptors (Lipinski definition) is 6. The van der Waals surface area contributed by atoms with Gasteiger partial charge in [0.05, 0.1) is 10.8 Å². The summed E-state index contributed by atoms with van der Waals surface area (Å²) in [7, 11) is 0. The number of nitrogens with one attached hydrogen (secondary N) is 1. The van der Waals surface area contributed by atoms with Crippen LogP contribution in [0.25, 0.3) is 10.2 Å². The predicted octanol–water partition coefficient (Wildman–Crippen LogP) is 2.12. The summed E-state index contributed by atoms with van der Waals surface area (Å²) < 4.78 is 0. The molecule has 2 aromatic heterocycles. The molecule has 0 unspecified atom stereocenters. The van der Waals surface area contributed by atoms with Crippen LogP contribution >= 0.6 is 11.3 Å². The van der Waals surface area contributed by atoms with E-state index in [1.165, 1.54) is 19.3 Å². The van der Waals surface area contributed by atoms with Gasteiger partial charge in [-0.25, -0.2) is 9.97 Å². The van der Waals surface area contributed by atoms with Gasteiger partial charge in [-0.3, -0.25) is 4.79 Å². The molecule has 2 atom stereocenters. The van der Waals surface area contributed by atoms with Crippen LogP contribution in [0.4, 0.5) is 5.82 Å². The molecule has 3 fully saturated rings. The molecule has 5 rings (SSSR count). The number of piperazine rings is 1. The molecule has 26 heavy (non-hydrogen) atoms. The lowest BCUT2D eigenvalue weighted by Gasteiger charge is -2.43. The standard InChI is InChI=1S/C19H25N5OS/c25-18(19-5-2-1-3-14(19)11-20-12-19)24-8-6-23(7-9-24)16-15-4-10-26-17(15)22-13-21-16/h4,10,13-14,20H,1-3,5-9,11-12H2/t14-,19+/m0/s1. The number of hydrogen-bond donors (Lipinski definition) is 1. The van der Waals surface area contributed by atoms with Crippen LogP contribution in [-0.4, -0.2) is 60.0 Å². The van der Waals surface area contributed by atoms with E-state index >= 15 is 0 Å². The number of amides is 1. The van der Waals surface area contributed by atoms with E-state index in [0.29, 0.717) is 11.8 Å². The van der Waals surface area contributed by atoms with Crippen molar-refractivity contribution in [3.63, 3.8) is 0 Å². The van der Waals surface area contributed by atoms with Crippen molar-refractivity contribution in [2.24, 2.45) is 11.3 Å². The molecule has 4 heterocycles. The van der Waals surface area contributed by atoms with Crippen LogP contribution in [0.1, 0.15) is 25.7 Å². The van der Waals surface area contributed by atoms with Crippen molar-refractivity contribution in [2.45, 2.75) is 25.7 Å². The van der Waals surface area contributed by atoms with Gasteiger partial charge in [-0.05, 0) is 36.8 Å². The zero-order valence-corrected chi connectivity index (χ0v) is 15.8. The molecular weight excluding hydrogens is 346 g/mol. The number of nitrogens with zero attached hydrogens (tertiary/aromatic N) is 4. The number of rotatable bonds is 2. The Kier molecular flexibility index (Phi) is 4.09. The Balaban J connectivity index is 1.31. The lowest BCUT2D eigenvalue weighted by atomic mass is 9.67. The monoisotopic (exact) mass is 371 g/mol. The van der Waals surface area contributed by atoms with Crippen LogP contribution in [0, 0.1) is 11.3 Å². The van der Waals surface area contributed by atoms with Gasteiger partial charge >= 0.3 is 0 Å². The smallest absolute Gasteiger partial charge is 0.230 e. The maximum atomic E-state index is 13.4. The van der Waals surface area contributed by atoms with Gasteiger partial charge in [0.15, 0.2) is 0 Å². The van der Waals surface area contributed by atoms with E-state index in [1.807, 2.05) is 0 Å². The summed E-state index contributed by atoms with van der Waals surface area (Å²) in [6.07, 6.45) is 6.39. The maximum absolute atomic E-state index is 13.4. The first-order chi connectivity index (χ1) is 12.8. The van der Waals surface area contributed by atoms with Crippen LogP contribution in [0.3, 0.4) is 0 Å². The SMILES string of the molecule is O=C(N1CCN(c2ncnc3sccc23)CC1)[C@@]12CCCC[C@H]1CNC2. The average molecular weight is 372 g/mol. The second kappa shape index (κ2) is 6.46. The van der Waals surface area contributed by atoms with Crippen molar-refractivity contribution in [1.82, 2.24) is 20.2 Å². The predicted molar refractivity (Wildman–Crippen MR) is 103 cm³/mol. The summed E-state index contributed by atoms with van der Waals surface area (Å²) in [6.45, 7) is 5.18. The number of anilines is 1. The van der Waals surface area contributed by atoms with E-state index in [0.717, 1.165) is 61.7 Å². The van der Waals surface area contributed by atoms with Gasteiger partial charge in [0.1, 0.15) is 17.0 Å². The highest BCUT2D eigenvalue weighted by Crippen LogP contribution is 2.45. The Bertz CT molecular complexity index is 815. The molecule has 0 aromatic carbocycles. The summed E-state index contributed by atoms with van der Waals surface area (Å²) in [5.74, 6) is 1.95. The first-order valence-electron chi connectivity index (χ1n) is 9.71. The highest BCUT2D eigenvalue weighted by Gasteiger charge is 2.51. The lowest BCUT2D eigenvalue weighted by molar-refractivity contribution is -0.145. The highest BCUT2D eigenvalue weighted by molar-refractivity contribution is 7.16. The lowest BCUT2D eigenvalue weighted by Crippen LogP contribution is -2.56. The fraction of sp³-hybridized carbons (Fsp3) is 0.632. The molecule has 0 radical (unpaired) electrons. The number of thiophene rings is 1. The normalized spacial score (nSPS) is 29.2. The van der Waals surface area contributed by atoms with Crippen LogP contribution in [0.2, 0.25) is 0 Å². The third kappa shape index (κ3) is 2.52. The number of aromatic nitrogens is 2. The van der Waals surface area contributed by atoms with Crippen molar-refractivity contribution in [2.75, 3.05) is 44.2 Å². The topological polar surface area (TPSA) is 61.4 Å². The molecule has 1 saturated carbocycles. The fourth-order valence-corrected chi connectivity index (χ4v) is 5.86. The second-order valence-corrected chi connectivity index (χ2v) is 8.74. The Morgan fingerprint density at radius 2 is 2.12 bits per heavy atom. The van der Waals surface area contributed by atoms with E-state index in [1.54, 1.807) is 17.7 Å². The molecule has 2 aliphatic heterocycles. The van der Waals surface area contributed by atoms with Crippen molar-refractivity contribution in [3.05, 3.63) is 17.8 Å². The quantitative estimate of drug-likeness (QED) is 0.876. The molecule has 2 saturated heterocycles. The average Bonchev–Trinajstić information content (AvgIpc) is 3.34. The third-order valence-corrected chi connectivity index (χ3v) is 7.39. The largest absolute Gasteiger partial charge is 0.352 e. The molecule has 1 N–H and O–H groups in total. The molecule has 138 valence electrons. The van der Waals surface area contributed by atoms with Crippen LogP contribution in [-0.2, 0) is 4.79 Å². The molecule has 2 aromatic rings. The van der Waals surface area contributed by atoms with Crippen LogP contribution in [0.5, 0.6) is 0 Å². The van der Waals surface area contributed by atoms with Gasteiger partial charge in [0.25, 0.3) is 0 Å². The van der Waals surface area contributed by atoms with Gasteiger partial charge in [0, 0.05) is 32.7 Å². The molecule has 1 amide bonds. The van der Waals surface area contributed by atoms with Crippen molar-refractivity contribution < 1.29 is 4.79 Å². The summed E-state index contributed by atoms with van der Waals surface area (Å²) in [4.78, 5) is 27.7. The fourth-order valence-electron chi connectivity index (χ4n) is 5.13. The molecule has 0 bridgehead atoms. The molecule has 6 nitrogen and oxygen atoms in total. The number of fused-ring (bicyclic) bond motifs is 2. The van der Waals surface area contributed by atoms with Gasteiger partial charge < -0.3 is 15.1 Å². The highest BCUT2D eigenvalue weighted by atomic mass is 32.1. The van der Waals surface area contributed by atoms with Gasteiger partial charge in [-0.1, -0.05) is 12.8 Å². The number of carbonyl (C=O) groups excluding carboxylic acids is 1. The van der Waals surface area contributed by atoms with E-state index in [-0.39, 0.29) is 5.41 Å². The van der Waals surface area contributed by atoms with Gasteiger partial charge in [-0.2, -0.15) is 0 Å². The van der Waals surface area contributed by atoms with Crippen molar-refractivity contribution in [3.8, 4) is 0 Å². The first-order valence-corrected chi connectivity index (χ1v) is 10.6. The van der Waals surface area contributed by atoms with E-state index in [4.69, 9.17) is 0 Å². The minimum absolute atomic E-state index is 0.129. The minimum Gasteiger partial charge on any atom is -0.352 e. The second-order valence-electron chi connectivity index (χ2n) is 7.85. The molecule has 7 heteroatoms. The van der Waals surface area contributed by atoms with E-state index in [9.17, 15) is 4.79 Å². The summed E-state index contributed by atoms with van der Waals surface area (Å²) in [6, 6.07) is 2.10. The van der Waals surface area contributed by atoms with Crippen LogP contribution in [0.15, 0.2) is 17.8 Å². The Hall–Kier alpha value is -1.73. The Labute approximate surface area is 157 Å². The van der Waals surface area contributed by atoms with Crippen LogP contribution < -0.4 is 10.2 Å². The summed E-state index contributed by atoms with van der Waals surface area (Å²) >= 11 is 1.65. The molecule has 1 aliphatic carbocycles. The maximum Gasteiger partial charge on any atom is 0.230 e. The Morgan fingerprint density at radius 3 is 3.00 bits per heavy atom. The molecule has 3 aliphatic rings. The summed E-state index contributed by atoms with van der Waals surface area (Å²) in [5.41, 5.74) is -0.129. The number of carbonyl (C=O) groups is 1. The van der Waals surface area contributed by atoms with Gasteiger partial charge in [0.2, 0.25) is 5.91 Å². The Morgan fingerprint density at radius 1 is 1.23 bits per heavy atom. The minimum atomic E-state index is -0.129. The zero-order chi connectivity index (χ0) is 17.6. The molecule has 0 spiro atoms. The molecular formula is C19H25N5OS. The van der Waals surface area contributed by atoms with Gasteiger partial charge in [-0.15, -0.1) is 11.3 Å².